The largest absolute Gasteiger partial charge is 0.309 e. The number of nitrogens with zero attached hydrogens (tertiary/aromatic N) is 1. The molecule has 69 heavy (non-hydrogen) atoms. The highest BCUT2D eigenvalue weighted by atomic mass is 15.2. The molecule has 0 aliphatic rings. The van der Waals surface area contributed by atoms with Crippen LogP contribution in [0.5, 0.6) is 0 Å². The Balaban J connectivity index is 1.19. The van der Waals surface area contributed by atoms with Gasteiger partial charge in [-0.05, 0) is 113 Å². The number of fused-ring (bicyclic) bond motifs is 3. The first kappa shape index (κ1) is 41.4. The van der Waals surface area contributed by atoms with Crippen LogP contribution in [0.15, 0.2) is 285 Å². The van der Waals surface area contributed by atoms with Crippen molar-refractivity contribution in [3.8, 4) is 77.9 Å². The highest BCUT2D eigenvalue weighted by molar-refractivity contribution is 6.22. The van der Waals surface area contributed by atoms with Gasteiger partial charge in [-0.3, -0.25) is 0 Å². The molecule has 12 aromatic carbocycles. The van der Waals surface area contributed by atoms with E-state index in [0.717, 1.165) is 72.7 Å². The minimum atomic E-state index is 1.06. The molecule has 0 aliphatic heterocycles. The van der Waals surface area contributed by atoms with E-state index in [0.29, 0.717) is 0 Å². The average molecular weight is 878 g/mol. The Bertz CT molecular complexity index is 3620. The van der Waals surface area contributed by atoms with Crippen LogP contribution in [0.2, 0.25) is 0 Å². The molecule has 0 atom stereocenters. The van der Waals surface area contributed by atoms with E-state index >= 15 is 0 Å². The van der Waals surface area contributed by atoms with Crippen molar-refractivity contribution in [1.82, 2.24) is 0 Å². The lowest BCUT2D eigenvalue weighted by Gasteiger charge is -2.33. The molecule has 324 valence electrons. The molecule has 12 rings (SSSR count). The van der Waals surface area contributed by atoms with Crippen molar-refractivity contribution in [2.45, 2.75) is 0 Å². The van der Waals surface area contributed by atoms with Crippen LogP contribution in [0.4, 0.5) is 17.1 Å². The lowest BCUT2D eigenvalue weighted by molar-refractivity contribution is 1.28. The SMILES string of the molecule is c1ccc(-c2cc(-c3ccccc3)cc(N(c3ccccc3-c3ccc4c(c3)c(-c3ccccc3)c(-c3ccccc3)c3ccccc34)c3c(-c4ccccc4)cccc3-c3ccccc3)c2)cc1. The van der Waals surface area contributed by atoms with E-state index in [1.165, 1.54) is 43.8 Å². The molecule has 1 heteroatoms. The van der Waals surface area contributed by atoms with Gasteiger partial charge in [0.2, 0.25) is 0 Å². The molecule has 0 N–H and O–H groups in total. The van der Waals surface area contributed by atoms with E-state index < -0.39 is 0 Å². The molecule has 1 nitrogen and oxygen atoms in total. The first-order valence-corrected chi connectivity index (χ1v) is 23.8. The maximum atomic E-state index is 2.54. The summed E-state index contributed by atoms with van der Waals surface area (Å²) < 4.78 is 0. The Morgan fingerprint density at radius 3 is 1.12 bits per heavy atom. The average Bonchev–Trinajstić information content (AvgIpc) is 3.44. The first-order valence-electron chi connectivity index (χ1n) is 23.8. The van der Waals surface area contributed by atoms with Gasteiger partial charge in [0, 0.05) is 22.4 Å². The Labute approximate surface area is 404 Å². The van der Waals surface area contributed by atoms with Crippen LogP contribution in [0.1, 0.15) is 0 Å². The Kier molecular flexibility index (Phi) is 11.0. The third-order valence-corrected chi connectivity index (χ3v) is 13.4. The predicted octanol–water partition coefficient (Wildman–Crippen LogP) is 19.1. The minimum Gasteiger partial charge on any atom is -0.309 e. The van der Waals surface area contributed by atoms with Crippen molar-refractivity contribution in [1.29, 1.82) is 0 Å². The van der Waals surface area contributed by atoms with Crippen LogP contribution in [0.25, 0.3) is 99.4 Å². The number of rotatable bonds is 10. The molecule has 0 saturated heterocycles. The summed E-state index contributed by atoms with van der Waals surface area (Å²) in [5.41, 5.74) is 19.6. The summed E-state index contributed by atoms with van der Waals surface area (Å²) in [6, 6.07) is 104. The molecule has 0 spiro atoms. The molecule has 0 amide bonds. The molecule has 0 heterocycles. The zero-order chi connectivity index (χ0) is 45.9. The number of hydrogen-bond acceptors (Lipinski definition) is 1. The fraction of sp³-hybridized carbons (Fsp3) is 0. The molecule has 0 unspecified atom stereocenters. The summed E-state index contributed by atoms with van der Waals surface area (Å²) in [5.74, 6) is 0. The molecular weight excluding hydrogens is 831 g/mol. The normalized spacial score (nSPS) is 11.2. The van der Waals surface area contributed by atoms with Crippen LogP contribution in [0.3, 0.4) is 0 Å². The minimum absolute atomic E-state index is 1.06. The molecule has 0 bridgehead atoms. The Morgan fingerprint density at radius 2 is 0.594 bits per heavy atom. The van der Waals surface area contributed by atoms with Crippen LogP contribution >= 0.6 is 0 Å². The lowest BCUT2D eigenvalue weighted by atomic mass is 9.84. The van der Waals surface area contributed by atoms with Crippen molar-refractivity contribution in [2.75, 3.05) is 4.90 Å². The van der Waals surface area contributed by atoms with E-state index in [4.69, 9.17) is 0 Å². The number of para-hydroxylation sites is 2. The first-order chi connectivity index (χ1) is 34.3. The summed E-state index contributed by atoms with van der Waals surface area (Å²) >= 11 is 0. The van der Waals surface area contributed by atoms with Crippen molar-refractivity contribution in [3.05, 3.63) is 285 Å². The molecule has 0 fully saturated rings. The quantitative estimate of drug-likeness (QED) is 0.124. The molecular formula is C68H47N. The second-order valence-corrected chi connectivity index (χ2v) is 17.6. The number of benzene rings is 12. The molecule has 0 aliphatic carbocycles. The fourth-order valence-electron chi connectivity index (χ4n) is 10.3. The standard InChI is InChI=1S/C68H47N/c1-7-24-48(25-8-1)55-44-56(49-26-9-2-10-27-49)46-57(45-55)69(68-59(50-28-11-3-12-29-50)39-23-40-60(68)51-30-13-4-14-31-51)65-41-22-21-36-58(65)54-42-43-62-61-37-19-20-38-63(61)66(52-32-15-5-16-33-52)67(64(62)47-54)53-34-17-6-18-35-53/h1-47H. The third kappa shape index (κ3) is 7.86. The van der Waals surface area contributed by atoms with Gasteiger partial charge in [0.05, 0.1) is 11.4 Å². The molecule has 0 radical (unpaired) electrons. The number of anilines is 3. The van der Waals surface area contributed by atoms with E-state index in [1.54, 1.807) is 0 Å². The zero-order valence-corrected chi connectivity index (χ0v) is 38.1. The van der Waals surface area contributed by atoms with Crippen molar-refractivity contribution in [2.24, 2.45) is 0 Å². The van der Waals surface area contributed by atoms with Gasteiger partial charge in [0.25, 0.3) is 0 Å². The van der Waals surface area contributed by atoms with Gasteiger partial charge >= 0.3 is 0 Å². The van der Waals surface area contributed by atoms with E-state index in [1.807, 2.05) is 0 Å². The van der Waals surface area contributed by atoms with Gasteiger partial charge < -0.3 is 4.90 Å². The Morgan fingerprint density at radius 1 is 0.203 bits per heavy atom. The smallest absolute Gasteiger partial charge is 0.0618 e. The van der Waals surface area contributed by atoms with Gasteiger partial charge in [-0.25, -0.2) is 0 Å². The molecule has 12 aromatic rings. The maximum absolute atomic E-state index is 2.54. The molecule has 0 saturated carbocycles. The van der Waals surface area contributed by atoms with E-state index in [-0.39, 0.29) is 0 Å². The second-order valence-electron chi connectivity index (χ2n) is 17.6. The van der Waals surface area contributed by atoms with Crippen molar-refractivity contribution >= 4 is 38.6 Å². The second kappa shape index (κ2) is 18.3. The maximum Gasteiger partial charge on any atom is 0.0618 e. The van der Waals surface area contributed by atoms with Gasteiger partial charge in [-0.1, -0.05) is 255 Å². The summed E-state index contributed by atoms with van der Waals surface area (Å²) in [7, 11) is 0. The van der Waals surface area contributed by atoms with Gasteiger partial charge in [0.15, 0.2) is 0 Å². The van der Waals surface area contributed by atoms with Crippen molar-refractivity contribution in [3.63, 3.8) is 0 Å². The van der Waals surface area contributed by atoms with Crippen LogP contribution in [-0.4, -0.2) is 0 Å². The summed E-state index contributed by atoms with van der Waals surface area (Å²) in [6.07, 6.45) is 0. The van der Waals surface area contributed by atoms with Crippen LogP contribution in [0, 0.1) is 0 Å². The zero-order valence-electron chi connectivity index (χ0n) is 38.1. The van der Waals surface area contributed by atoms with E-state index in [9.17, 15) is 0 Å². The van der Waals surface area contributed by atoms with Gasteiger partial charge in [-0.2, -0.15) is 0 Å². The van der Waals surface area contributed by atoms with Crippen LogP contribution < -0.4 is 4.90 Å². The van der Waals surface area contributed by atoms with Gasteiger partial charge in [0.1, 0.15) is 0 Å². The summed E-state index contributed by atoms with van der Waals surface area (Å²) in [4.78, 5) is 2.54. The van der Waals surface area contributed by atoms with Crippen molar-refractivity contribution < 1.29 is 0 Å². The predicted molar refractivity (Wildman–Crippen MR) is 294 cm³/mol. The summed E-state index contributed by atoms with van der Waals surface area (Å²) in [5, 5.41) is 4.92. The van der Waals surface area contributed by atoms with E-state index in [2.05, 4.69) is 290 Å². The van der Waals surface area contributed by atoms with Crippen LogP contribution in [-0.2, 0) is 0 Å². The highest BCUT2D eigenvalue weighted by Gasteiger charge is 2.26. The number of hydrogen-bond donors (Lipinski definition) is 0. The summed E-state index contributed by atoms with van der Waals surface area (Å²) in [6.45, 7) is 0. The van der Waals surface area contributed by atoms with Gasteiger partial charge in [-0.15, -0.1) is 0 Å². The Hall–Kier alpha value is -9.04. The molecule has 0 aromatic heterocycles. The fourth-order valence-corrected chi connectivity index (χ4v) is 10.3. The topological polar surface area (TPSA) is 3.24 Å². The third-order valence-electron chi connectivity index (χ3n) is 13.4. The highest BCUT2D eigenvalue weighted by Crippen LogP contribution is 2.52. The lowest BCUT2D eigenvalue weighted by Crippen LogP contribution is -2.14. The monoisotopic (exact) mass is 877 g/mol.